The predicted molar refractivity (Wildman–Crippen MR) is 92.9 cm³/mol. The smallest absolute Gasteiger partial charge is 0.415 e. The Kier molecular flexibility index (Phi) is 6.10. The first kappa shape index (κ1) is 19.3. The largest absolute Gasteiger partial charge is 0.463 e. The van der Waals surface area contributed by atoms with Crippen molar-refractivity contribution in [2.24, 2.45) is 0 Å². The molecule has 0 aliphatic carbocycles. The van der Waals surface area contributed by atoms with Crippen molar-refractivity contribution in [1.82, 2.24) is 0 Å². The molecule has 0 aromatic heterocycles. The summed E-state index contributed by atoms with van der Waals surface area (Å²) >= 11 is 0. The molecule has 1 atom stereocenters. The SMILES string of the molecule is CCCCOC(=O)[C@H]1CN(c2cc(F)c(N3CCOCC3)c(F)c2)C(=O)O1. The first-order valence-electron chi connectivity index (χ1n) is 8.97. The summed E-state index contributed by atoms with van der Waals surface area (Å²) in [5, 5.41) is 0. The van der Waals surface area contributed by atoms with Crippen LogP contribution in [0.4, 0.5) is 25.0 Å². The molecular formula is C18H22F2N2O5. The van der Waals surface area contributed by atoms with E-state index in [4.69, 9.17) is 14.2 Å². The van der Waals surface area contributed by atoms with Gasteiger partial charge in [0, 0.05) is 25.2 Å². The fourth-order valence-corrected chi connectivity index (χ4v) is 3.00. The van der Waals surface area contributed by atoms with Crippen LogP contribution in [-0.2, 0) is 19.0 Å². The lowest BCUT2D eigenvalue weighted by atomic mass is 10.2. The second-order valence-corrected chi connectivity index (χ2v) is 6.36. The van der Waals surface area contributed by atoms with Crippen LogP contribution in [-0.4, -0.2) is 57.6 Å². The van der Waals surface area contributed by atoms with E-state index in [-0.39, 0.29) is 24.5 Å². The summed E-state index contributed by atoms with van der Waals surface area (Å²) in [5.41, 5.74) is -0.152. The standard InChI is InChI=1S/C18H22F2N2O5/c1-2-3-6-26-17(23)15-11-22(18(24)27-15)12-9-13(19)16(14(20)10-12)21-4-7-25-8-5-21/h9-10,15H,2-8,11H2,1H3/t15-/m1/s1. The molecule has 1 amide bonds. The Morgan fingerprint density at radius 1 is 1.26 bits per heavy atom. The normalized spacial score (nSPS) is 20.0. The number of halogens is 2. The Bertz CT molecular complexity index is 686. The minimum Gasteiger partial charge on any atom is -0.463 e. The third kappa shape index (κ3) is 4.29. The lowest BCUT2D eigenvalue weighted by molar-refractivity contribution is -0.151. The molecule has 0 spiro atoms. The molecule has 2 aliphatic heterocycles. The highest BCUT2D eigenvalue weighted by atomic mass is 19.1. The summed E-state index contributed by atoms with van der Waals surface area (Å²) in [6.07, 6.45) is -0.391. The molecule has 0 radical (unpaired) electrons. The Morgan fingerprint density at radius 3 is 2.56 bits per heavy atom. The van der Waals surface area contributed by atoms with Crippen molar-refractivity contribution in [2.45, 2.75) is 25.9 Å². The number of morpholine rings is 1. The fourth-order valence-electron chi connectivity index (χ4n) is 3.00. The highest BCUT2D eigenvalue weighted by molar-refractivity contribution is 5.94. The van der Waals surface area contributed by atoms with Gasteiger partial charge in [0.15, 0.2) is 11.6 Å². The van der Waals surface area contributed by atoms with Gasteiger partial charge in [0.05, 0.1) is 32.1 Å². The number of esters is 1. The zero-order valence-electron chi connectivity index (χ0n) is 15.1. The van der Waals surface area contributed by atoms with E-state index in [1.165, 1.54) is 0 Å². The average molecular weight is 384 g/mol. The van der Waals surface area contributed by atoms with Gasteiger partial charge in [0.1, 0.15) is 5.69 Å². The second kappa shape index (κ2) is 8.51. The number of benzene rings is 1. The Balaban J connectivity index is 1.72. The number of hydrogen-bond acceptors (Lipinski definition) is 6. The molecule has 3 rings (SSSR count). The van der Waals surface area contributed by atoms with Gasteiger partial charge in [-0.05, 0) is 6.42 Å². The monoisotopic (exact) mass is 384 g/mol. The number of ether oxygens (including phenoxy) is 3. The molecule has 9 heteroatoms. The quantitative estimate of drug-likeness (QED) is 0.555. The van der Waals surface area contributed by atoms with Crippen molar-refractivity contribution in [3.63, 3.8) is 0 Å². The zero-order valence-corrected chi connectivity index (χ0v) is 15.1. The van der Waals surface area contributed by atoms with Crippen molar-refractivity contribution in [1.29, 1.82) is 0 Å². The van der Waals surface area contributed by atoms with Crippen molar-refractivity contribution in [3.05, 3.63) is 23.8 Å². The third-order valence-electron chi connectivity index (χ3n) is 4.46. The molecule has 2 heterocycles. The van der Waals surface area contributed by atoms with E-state index in [0.717, 1.165) is 23.5 Å². The Hall–Kier alpha value is -2.42. The van der Waals surface area contributed by atoms with Crippen molar-refractivity contribution in [3.8, 4) is 0 Å². The van der Waals surface area contributed by atoms with Crippen molar-refractivity contribution < 1.29 is 32.6 Å². The summed E-state index contributed by atoms with van der Waals surface area (Å²) < 4.78 is 44.3. The highest BCUT2D eigenvalue weighted by Gasteiger charge is 2.38. The van der Waals surface area contributed by atoms with Crippen molar-refractivity contribution in [2.75, 3.05) is 49.3 Å². The van der Waals surface area contributed by atoms with Gasteiger partial charge in [-0.3, -0.25) is 4.90 Å². The molecule has 7 nitrogen and oxygen atoms in total. The molecule has 2 aliphatic rings. The highest BCUT2D eigenvalue weighted by Crippen LogP contribution is 2.31. The Morgan fingerprint density at radius 2 is 1.93 bits per heavy atom. The van der Waals surface area contributed by atoms with Gasteiger partial charge in [-0.2, -0.15) is 0 Å². The molecule has 0 unspecified atom stereocenters. The van der Waals surface area contributed by atoms with E-state index in [0.29, 0.717) is 32.7 Å². The first-order chi connectivity index (χ1) is 13.0. The minimum atomic E-state index is -1.11. The van der Waals surface area contributed by atoms with Crippen LogP contribution in [0.5, 0.6) is 0 Å². The molecule has 148 valence electrons. The number of unbranched alkanes of at least 4 members (excludes halogenated alkanes) is 1. The summed E-state index contributed by atoms with van der Waals surface area (Å²) in [5.74, 6) is -2.23. The summed E-state index contributed by atoms with van der Waals surface area (Å²) in [7, 11) is 0. The number of carbonyl (C=O) groups is 2. The molecule has 27 heavy (non-hydrogen) atoms. The van der Waals surface area contributed by atoms with Gasteiger partial charge < -0.3 is 19.1 Å². The van der Waals surface area contributed by atoms with Gasteiger partial charge in [-0.25, -0.2) is 18.4 Å². The number of nitrogens with zero attached hydrogens (tertiary/aromatic N) is 2. The van der Waals surface area contributed by atoms with E-state index in [2.05, 4.69) is 0 Å². The maximum Gasteiger partial charge on any atom is 0.415 e. The van der Waals surface area contributed by atoms with Crippen LogP contribution >= 0.6 is 0 Å². The zero-order chi connectivity index (χ0) is 19.4. The average Bonchev–Trinajstić information content (AvgIpc) is 3.04. The molecule has 1 aromatic rings. The molecule has 0 bridgehead atoms. The van der Waals surface area contributed by atoms with E-state index in [1.54, 1.807) is 4.90 Å². The third-order valence-corrected chi connectivity index (χ3v) is 4.46. The van der Waals surface area contributed by atoms with Crippen LogP contribution in [0.3, 0.4) is 0 Å². The number of hydrogen-bond donors (Lipinski definition) is 0. The van der Waals surface area contributed by atoms with Crippen LogP contribution in [0.25, 0.3) is 0 Å². The number of rotatable bonds is 6. The first-order valence-corrected chi connectivity index (χ1v) is 8.97. The van der Waals surface area contributed by atoms with Crippen LogP contribution < -0.4 is 9.80 Å². The number of amides is 1. The molecular weight excluding hydrogens is 362 g/mol. The maximum absolute atomic E-state index is 14.5. The van der Waals surface area contributed by atoms with E-state index in [1.807, 2.05) is 6.92 Å². The number of carbonyl (C=O) groups excluding carboxylic acids is 2. The van der Waals surface area contributed by atoms with Crippen LogP contribution in [0, 0.1) is 11.6 Å². The number of anilines is 2. The minimum absolute atomic E-state index is 0.00383. The van der Waals surface area contributed by atoms with E-state index in [9.17, 15) is 18.4 Å². The molecule has 1 aromatic carbocycles. The second-order valence-electron chi connectivity index (χ2n) is 6.36. The topological polar surface area (TPSA) is 68.3 Å². The van der Waals surface area contributed by atoms with Gasteiger partial charge in [-0.15, -0.1) is 0 Å². The van der Waals surface area contributed by atoms with E-state index >= 15 is 0 Å². The lowest BCUT2D eigenvalue weighted by Gasteiger charge is -2.29. The molecule has 2 fully saturated rings. The van der Waals surface area contributed by atoms with Gasteiger partial charge in [-0.1, -0.05) is 13.3 Å². The molecule has 2 saturated heterocycles. The lowest BCUT2D eigenvalue weighted by Crippen LogP contribution is -2.37. The summed E-state index contributed by atoms with van der Waals surface area (Å²) in [6, 6.07) is 2.14. The number of cyclic esters (lactones) is 1. The van der Waals surface area contributed by atoms with Gasteiger partial charge in [0.25, 0.3) is 0 Å². The summed E-state index contributed by atoms with van der Waals surface area (Å²) in [4.78, 5) is 26.6. The maximum atomic E-state index is 14.5. The summed E-state index contributed by atoms with van der Waals surface area (Å²) in [6.45, 7) is 3.58. The Labute approximate surface area is 155 Å². The van der Waals surface area contributed by atoms with Crippen molar-refractivity contribution >= 4 is 23.4 Å². The van der Waals surface area contributed by atoms with Crippen LogP contribution in [0.15, 0.2) is 12.1 Å². The fraction of sp³-hybridized carbons (Fsp3) is 0.556. The van der Waals surface area contributed by atoms with E-state index < -0.39 is 29.8 Å². The van der Waals surface area contributed by atoms with Crippen LogP contribution in [0.1, 0.15) is 19.8 Å². The molecule has 0 saturated carbocycles. The van der Waals surface area contributed by atoms with Gasteiger partial charge in [0.2, 0.25) is 6.10 Å². The van der Waals surface area contributed by atoms with Crippen LogP contribution in [0.2, 0.25) is 0 Å². The van der Waals surface area contributed by atoms with Gasteiger partial charge >= 0.3 is 12.1 Å². The predicted octanol–water partition coefficient (Wildman–Crippen LogP) is 2.47. The molecule has 0 N–H and O–H groups in total.